The van der Waals surface area contributed by atoms with Crippen LogP contribution in [0.1, 0.15) is 34.0 Å². The molecule has 11 heteroatoms. The Kier molecular flexibility index (Phi) is 6.76. The third kappa shape index (κ3) is 5.13. The number of aromatic amines is 1. The molecule has 0 radical (unpaired) electrons. The predicted octanol–water partition coefficient (Wildman–Crippen LogP) is 2.52. The van der Waals surface area contributed by atoms with E-state index in [0.29, 0.717) is 0 Å². The summed E-state index contributed by atoms with van der Waals surface area (Å²) in [5, 5.41) is 20.0. The van der Waals surface area contributed by atoms with Crippen LogP contribution >= 0.6 is 0 Å². The molecular weight excluding hydrogens is 456 g/mol. The summed E-state index contributed by atoms with van der Waals surface area (Å²) in [4.78, 5) is 47.3. The summed E-state index contributed by atoms with van der Waals surface area (Å²) < 4.78 is 9.86. The van der Waals surface area contributed by atoms with E-state index in [1.807, 2.05) is 48.5 Å². The third-order valence-corrected chi connectivity index (χ3v) is 5.60. The Balaban J connectivity index is 1.35. The van der Waals surface area contributed by atoms with Crippen LogP contribution in [0.4, 0.5) is 10.6 Å². The van der Waals surface area contributed by atoms with Gasteiger partial charge in [0, 0.05) is 12.0 Å². The molecule has 0 aliphatic heterocycles. The van der Waals surface area contributed by atoms with E-state index in [4.69, 9.17) is 4.74 Å². The molecular formula is C24H22N4O7. The zero-order chi connectivity index (χ0) is 24.9. The number of H-pyrrole nitrogens is 1. The summed E-state index contributed by atoms with van der Waals surface area (Å²) in [7, 11) is 1.11. The van der Waals surface area contributed by atoms with Crippen LogP contribution in [0, 0.1) is 0 Å². The first-order valence-corrected chi connectivity index (χ1v) is 10.6. The van der Waals surface area contributed by atoms with Crippen molar-refractivity contribution in [3.05, 3.63) is 71.4 Å². The maximum Gasteiger partial charge on any atom is 0.412 e. The number of fused-ring (bicyclic) bond motifs is 3. The van der Waals surface area contributed by atoms with Gasteiger partial charge in [-0.05, 0) is 22.3 Å². The van der Waals surface area contributed by atoms with E-state index in [-0.39, 0.29) is 24.0 Å². The topological polar surface area (TPSA) is 160 Å². The lowest BCUT2D eigenvalue weighted by Gasteiger charge is -2.14. The standard InChI is InChI=1S/C24H22N4O7/c1-34-21(29)11-19(23(31)32)25-22(30)18-10-20(28-27-18)26-24(33)35-12-17-15-8-4-2-6-13(15)14-7-3-5-9-16(14)17/h2-10,17,19H,11-12H2,1H3,(H,25,30)(H,31,32)(H2,26,27,28,33)/t19-/m0/s1. The number of nitrogens with zero attached hydrogens (tertiary/aromatic N) is 1. The quantitative estimate of drug-likeness (QED) is 0.359. The second kappa shape index (κ2) is 10.1. The molecule has 4 rings (SSSR count). The molecule has 35 heavy (non-hydrogen) atoms. The molecule has 0 saturated heterocycles. The Bertz CT molecular complexity index is 1240. The van der Waals surface area contributed by atoms with Gasteiger partial charge in [-0.25, -0.2) is 9.59 Å². The van der Waals surface area contributed by atoms with Crippen molar-refractivity contribution in [2.75, 3.05) is 19.0 Å². The molecule has 1 aliphatic carbocycles. The Hall–Kier alpha value is -4.67. The molecule has 0 saturated carbocycles. The molecule has 180 valence electrons. The van der Waals surface area contributed by atoms with Gasteiger partial charge in [0.15, 0.2) is 5.82 Å². The first-order valence-electron chi connectivity index (χ1n) is 10.6. The van der Waals surface area contributed by atoms with Crippen LogP contribution in [0.5, 0.6) is 0 Å². The summed E-state index contributed by atoms with van der Waals surface area (Å²) in [6, 6.07) is 15.6. The minimum Gasteiger partial charge on any atom is -0.480 e. The lowest BCUT2D eigenvalue weighted by Crippen LogP contribution is -2.42. The van der Waals surface area contributed by atoms with E-state index in [0.717, 1.165) is 29.4 Å². The fraction of sp³-hybridized carbons (Fsp3) is 0.208. The number of ether oxygens (including phenoxy) is 2. The summed E-state index contributed by atoms with van der Waals surface area (Å²) >= 11 is 0. The van der Waals surface area contributed by atoms with Gasteiger partial charge in [-0.1, -0.05) is 48.5 Å². The number of rotatable bonds is 8. The van der Waals surface area contributed by atoms with Gasteiger partial charge in [-0.15, -0.1) is 0 Å². The van der Waals surface area contributed by atoms with Crippen molar-refractivity contribution in [1.29, 1.82) is 0 Å². The van der Waals surface area contributed by atoms with Crippen LogP contribution < -0.4 is 10.6 Å². The fourth-order valence-corrected chi connectivity index (χ4v) is 3.93. The lowest BCUT2D eigenvalue weighted by atomic mass is 9.98. The molecule has 0 bridgehead atoms. The number of esters is 1. The summed E-state index contributed by atoms with van der Waals surface area (Å²) in [6.45, 7) is 0.103. The van der Waals surface area contributed by atoms with Gasteiger partial charge in [-0.2, -0.15) is 5.10 Å². The van der Waals surface area contributed by atoms with Gasteiger partial charge in [-0.3, -0.25) is 20.0 Å². The zero-order valence-corrected chi connectivity index (χ0v) is 18.6. The van der Waals surface area contributed by atoms with E-state index < -0.39 is 36.4 Å². The third-order valence-electron chi connectivity index (χ3n) is 5.60. The monoisotopic (exact) mass is 478 g/mol. The number of hydrogen-bond acceptors (Lipinski definition) is 7. The van der Waals surface area contributed by atoms with Gasteiger partial charge in [0.25, 0.3) is 5.91 Å². The number of aromatic nitrogens is 2. The minimum absolute atomic E-state index is 0.00668. The summed E-state index contributed by atoms with van der Waals surface area (Å²) in [5.74, 6) is -3.13. The zero-order valence-electron chi connectivity index (χ0n) is 18.6. The highest BCUT2D eigenvalue weighted by Gasteiger charge is 2.29. The fourth-order valence-electron chi connectivity index (χ4n) is 3.93. The van der Waals surface area contributed by atoms with Gasteiger partial charge in [0.1, 0.15) is 18.3 Å². The number of methoxy groups -OCH3 is 1. The molecule has 0 fully saturated rings. The Labute approximate surface area is 199 Å². The molecule has 1 aliphatic rings. The van der Waals surface area contributed by atoms with Crippen molar-refractivity contribution >= 4 is 29.8 Å². The Morgan fingerprint density at radius 2 is 1.69 bits per heavy atom. The van der Waals surface area contributed by atoms with Crippen molar-refractivity contribution in [1.82, 2.24) is 15.5 Å². The summed E-state index contributed by atoms with van der Waals surface area (Å²) in [6.07, 6.45) is -1.31. The van der Waals surface area contributed by atoms with Crippen LogP contribution in [0.2, 0.25) is 0 Å². The highest BCUT2D eigenvalue weighted by Crippen LogP contribution is 2.44. The number of carbonyl (C=O) groups is 4. The average molecular weight is 478 g/mol. The number of hydrogen-bond donors (Lipinski definition) is 4. The van der Waals surface area contributed by atoms with Gasteiger partial charge >= 0.3 is 18.0 Å². The predicted molar refractivity (Wildman–Crippen MR) is 123 cm³/mol. The number of aliphatic carboxylic acids is 1. The van der Waals surface area contributed by atoms with E-state index in [9.17, 15) is 24.3 Å². The van der Waals surface area contributed by atoms with Gasteiger partial charge < -0.3 is 19.9 Å². The van der Waals surface area contributed by atoms with E-state index >= 15 is 0 Å². The molecule has 3 aromatic rings. The molecule has 2 amide bonds. The molecule has 0 unspecified atom stereocenters. The van der Waals surface area contributed by atoms with Crippen LogP contribution in [0.15, 0.2) is 54.6 Å². The van der Waals surface area contributed by atoms with Crippen molar-refractivity contribution in [2.45, 2.75) is 18.4 Å². The van der Waals surface area contributed by atoms with Crippen LogP contribution in [-0.2, 0) is 19.1 Å². The summed E-state index contributed by atoms with van der Waals surface area (Å²) in [5.41, 5.74) is 4.23. The number of carboxylic acid groups (broad SMARTS) is 1. The number of nitrogens with one attached hydrogen (secondary N) is 3. The van der Waals surface area contributed by atoms with Crippen LogP contribution in [-0.4, -0.2) is 59.0 Å². The lowest BCUT2D eigenvalue weighted by molar-refractivity contribution is -0.147. The Morgan fingerprint density at radius 1 is 1.06 bits per heavy atom. The SMILES string of the molecule is COC(=O)C[C@H](NC(=O)c1cc(NC(=O)OCC2c3ccccc3-c3ccccc32)n[nH]1)C(=O)O. The number of anilines is 1. The molecule has 1 heterocycles. The highest BCUT2D eigenvalue weighted by molar-refractivity contribution is 5.97. The molecule has 2 aromatic carbocycles. The van der Waals surface area contributed by atoms with Crippen LogP contribution in [0.25, 0.3) is 11.1 Å². The van der Waals surface area contributed by atoms with Crippen molar-refractivity contribution < 1.29 is 33.8 Å². The highest BCUT2D eigenvalue weighted by atomic mass is 16.5. The molecule has 4 N–H and O–H groups in total. The van der Waals surface area contributed by atoms with Gasteiger partial charge in [0.2, 0.25) is 0 Å². The molecule has 0 spiro atoms. The second-order valence-corrected chi connectivity index (χ2v) is 7.76. The average Bonchev–Trinajstić information content (AvgIpc) is 3.45. The normalized spacial score (nSPS) is 12.7. The van der Waals surface area contributed by atoms with E-state index in [2.05, 4.69) is 25.6 Å². The second-order valence-electron chi connectivity index (χ2n) is 7.76. The number of carboxylic acids is 1. The van der Waals surface area contributed by atoms with Crippen molar-refractivity contribution in [3.8, 4) is 11.1 Å². The largest absolute Gasteiger partial charge is 0.480 e. The minimum atomic E-state index is -1.49. The smallest absolute Gasteiger partial charge is 0.412 e. The van der Waals surface area contributed by atoms with E-state index in [1.165, 1.54) is 6.07 Å². The number of benzene rings is 2. The maximum absolute atomic E-state index is 12.4. The van der Waals surface area contributed by atoms with Crippen LogP contribution in [0.3, 0.4) is 0 Å². The van der Waals surface area contributed by atoms with Crippen molar-refractivity contribution in [3.63, 3.8) is 0 Å². The van der Waals surface area contributed by atoms with Gasteiger partial charge in [0.05, 0.1) is 13.5 Å². The molecule has 1 atom stereocenters. The first-order chi connectivity index (χ1) is 16.9. The maximum atomic E-state index is 12.4. The number of carbonyl (C=O) groups excluding carboxylic acids is 3. The van der Waals surface area contributed by atoms with Crippen molar-refractivity contribution in [2.24, 2.45) is 0 Å². The molecule has 1 aromatic heterocycles. The molecule has 11 nitrogen and oxygen atoms in total. The number of amides is 2. The Morgan fingerprint density at radius 3 is 2.29 bits per heavy atom. The van der Waals surface area contributed by atoms with E-state index in [1.54, 1.807) is 0 Å². The first kappa shape index (κ1) is 23.5.